The number of benzene rings is 2. The summed E-state index contributed by atoms with van der Waals surface area (Å²) in [6.07, 6.45) is -2.88. The fourth-order valence-corrected chi connectivity index (χ4v) is 2.35. The Hall–Kier alpha value is -3.36. The van der Waals surface area contributed by atoms with Gasteiger partial charge in [-0.15, -0.1) is 0 Å². The molecule has 2 amide bonds. The highest BCUT2D eigenvalue weighted by Crippen LogP contribution is 2.30. The third-order valence-electron chi connectivity index (χ3n) is 3.59. The summed E-state index contributed by atoms with van der Waals surface area (Å²) in [7, 11) is 0. The number of nitrogens with one attached hydrogen (secondary N) is 2. The number of hydrogen-bond donors (Lipinski definition) is 2. The van der Waals surface area contributed by atoms with Crippen molar-refractivity contribution in [1.82, 2.24) is 9.78 Å². The van der Waals surface area contributed by atoms with E-state index in [0.717, 1.165) is 17.7 Å². The molecule has 1 heterocycles. The Morgan fingerprint density at radius 1 is 1.04 bits per heavy atom. The van der Waals surface area contributed by atoms with Crippen LogP contribution in [0.2, 0.25) is 0 Å². The second-order valence-electron chi connectivity index (χ2n) is 5.68. The van der Waals surface area contributed by atoms with Gasteiger partial charge in [0, 0.05) is 18.0 Å². The fraction of sp³-hybridized carbons (Fsp3) is 0.111. The fourth-order valence-electron chi connectivity index (χ4n) is 2.35. The molecule has 2 N–H and O–H groups in total. The van der Waals surface area contributed by atoms with Crippen LogP contribution in [0.25, 0.3) is 0 Å². The zero-order valence-electron chi connectivity index (χ0n) is 13.8. The number of alkyl halides is 3. The van der Waals surface area contributed by atoms with Gasteiger partial charge in [0.15, 0.2) is 5.82 Å². The van der Waals surface area contributed by atoms with Gasteiger partial charge in [0.05, 0.1) is 12.1 Å². The molecule has 0 unspecified atom stereocenters. The summed E-state index contributed by atoms with van der Waals surface area (Å²) in [5.74, 6) is -0.116. The van der Waals surface area contributed by atoms with Gasteiger partial charge in [-0.25, -0.2) is 9.18 Å². The van der Waals surface area contributed by atoms with Crippen LogP contribution in [0.15, 0.2) is 60.8 Å². The van der Waals surface area contributed by atoms with E-state index < -0.39 is 17.8 Å². The smallest absolute Gasteiger partial charge is 0.308 e. The van der Waals surface area contributed by atoms with Crippen LogP contribution in [0, 0.1) is 5.82 Å². The molecule has 0 saturated carbocycles. The zero-order chi connectivity index (χ0) is 19.4. The van der Waals surface area contributed by atoms with E-state index in [-0.39, 0.29) is 17.3 Å². The Bertz CT molecular complexity index is 935. The van der Waals surface area contributed by atoms with E-state index in [0.29, 0.717) is 6.54 Å². The second kappa shape index (κ2) is 7.48. The Kier molecular flexibility index (Phi) is 5.11. The lowest BCUT2D eigenvalue weighted by molar-refractivity contribution is -0.137. The topological polar surface area (TPSA) is 59.0 Å². The molecule has 0 aliphatic carbocycles. The maximum absolute atomic E-state index is 12.9. The molecule has 5 nitrogen and oxygen atoms in total. The van der Waals surface area contributed by atoms with Crippen molar-refractivity contribution in [2.75, 3.05) is 10.6 Å². The first-order valence-corrected chi connectivity index (χ1v) is 7.83. The number of anilines is 2. The van der Waals surface area contributed by atoms with E-state index in [2.05, 4.69) is 15.7 Å². The van der Waals surface area contributed by atoms with Crippen molar-refractivity contribution in [3.8, 4) is 0 Å². The van der Waals surface area contributed by atoms with Crippen molar-refractivity contribution in [2.24, 2.45) is 0 Å². The van der Waals surface area contributed by atoms with Crippen LogP contribution in [0.3, 0.4) is 0 Å². The Morgan fingerprint density at radius 2 is 1.78 bits per heavy atom. The third-order valence-corrected chi connectivity index (χ3v) is 3.59. The average Bonchev–Trinajstić information content (AvgIpc) is 3.03. The molecule has 0 aliphatic heterocycles. The molecule has 27 heavy (non-hydrogen) atoms. The minimum atomic E-state index is -4.49. The quantitative estimate of drug-likeness (QED) is 0.645. The molecule has 0 bridgehead atoms. The Morgan fingerprint density at radius 3 is 2.48 bits per heavy atom. The van der Waals surface area contributed by atoms with Gasteiger partial charge in [-0.3, -0.25) is 10.00 Å². The lowest BCUT2D eigenvalue weighted by Crippen LogP contribution is -2.20. The maximum Gasteiger partial charge on any atom is 0.416 e. The highest BCUT2D eigenvalue weighted by atomic mass is 19.4. The van der Waals surface area contributed by atoms with Crippen molar-refractivity contribution in [1.29, 1.82) is 0 Å². The summed E-state index contributed by atoms with van der Waals surface area (Å²) < 4.78 is 52.5. The molecule has 1 aromatic heterocycles. The molecule has 0 radical (unpaired) electrons. The van der Waals surface area contributed by atoms with Gasteiger partial charge in [-0.05, 0) is 35.9 Å². The van der Waals surface area contributed by atoms with E-state index in [1.165, 1.54) is 35.0 Å². The van der Waals surface area contributed by atoms with Crippen molar-refractivity contribution in [3.05, 3.63) is 77.7 Å². The van der Waals surface area contributed by atoms with Crippen LogP contribution in [0.5, 0.6) is 0 Å². The number of hydrogen-bond acceptors (Lipinski definition) is 2. The molecule has 140 valence electrons. The first-order chi connectivity index (χ1) is 12.8. The van der Waals surface area contributed by atoms with Gasteiger partial charge < -0.3 is 5.32 Å². The molecule has 0 aliphatic rings. The molecule has 0 spiro atoms. The van der Waals surface area contributed by atoms with Gasteiger partial charge in [0.2, 0.25) is 0 Å². The van der Waals surface area contributed by atoms with Crippen molar-refractivity contribution in [3.63, 3.8) is 0 Å². The predicted octanol–water partition coefficient (Wildman–Crippen LogP) is 4.73. The van der Waals surface area contributed by atoms with Gasteiger partial charge in [-0.2, -0.15) is 18.3 Å². The lowest BCUT2D eigenvalue weighted by Gasteiger charge is -2.10. The first-order valence-electron chi connectivity index (χ1n) is 7.83. The summed E-state index contributed by atoms with van der Waals surface area (Å²) in [5, 5.41) is 8.91. The molecule has 3 aromatic rings. The SMILES string of the molecule is O=C(Nc1cccc(C(F)(F)F)c1)Nc1ccn(Cc2ccc(F)cc2)n1. The van der Waals surface area contributed by atoms with Gasteiger partial charge in [0.25, 0.3) is 0 Å². The van der Waals surface area contributed by atoms with Crippen LogP contribution in [-0.2, 0) is 12.7 Å². The largest absolute Gasteiger partial charge is 0.416 e. The molecule has 0 saturated heterocycles. The number of aromatic nitrogens is 2. The van der Waals surface area contributed by atoms with Crippen LogP contribution in [0.4, 0.5) is 33.9 Å². The molecule has 0 atom stereocenters. The number of halogens is 4. The molecule has 3 rings (SSSR count). The second-order valence-corrected chi connectivity index (χ2v) is 5.68. The van der Waals surface area contributed by atoms with Crippen LogP contribution < -0.4 is 10.6 Å². The maximum atomic E-state index is 12.9. The molecule has 2 aromatic carbocycles. The van der Waals surface area contributed by atoms with Gasteiger partial charge >= 0.3 is 12.2 Å². The molecule has 0 fully saturated rings. The van der Waals surface area contributed by atoms with E-state index in [9.17, 15) is 22.4 Å². The Labute approximate surface area is 151 Å². The van der Waals surface area contributed by atoms with Crippen molar-refractivity contribution < 1.29 is 22.4 Å². The van der Waals surface area contributed by atoms with Crippen molar-refractivity contribution in [2.45, 2.75) is 12.7 Å². The number of carbonyl (C=O) groups is 1. The number of rotatable bonds is 4. The zero-order valence-corrected chi connectivity index (χ0v) is 13.8. The molecule has 9 heteroatoms. The minimum Gasteiger partial charge on any atom is -0.308 e. The third kappa shape index (κ3) is 5.06. The number of nitrogens with zero attached hydrogens (tertiary/aromatic N) is 2. The number of urea groups is 1. The van der Waals surface area contributed by atoms with E-state index in [4.69, 9.17) is 0 Å². The normalized spacial score (nSPS) is 11.3. The van der Waals surface area contributed by atoms with Crippen molar-refractivity contribution >= 4 is 17.5 Å². The lowest BCUT2D eigenvalue weighted by atomic mass is 10.2. The highest BCUT2D eigenvalue weighted by molar-refractivity contribution is 5.99. The Balaban J connectivity index is 1.60. The molecular weight excluding hydrogens is 364 g/mol. The van der Waals surface area contributed by atoms with E-state index in [1.54, 1.807) is 18.3 Å². The standard InChI is InChI=1S/C18H14F4N4O/c19-14-6-4-12(5-7-14)11-26-9-8-16(25-26)24-17(27)23-15-3-1-2-13(10-15)18(20,21)22/h1-10H,11H2,(H2,23,24,25,27). The average molecular weight is 378 g/mol. The van der Waals surface area contributed by atoms with E-state index >= 15 is 0 Å². The summed E-state index contributed by atoms with van der Waals surface area (Å²) in [5.41, 5.74) is -0.0311. The van der Waals surface area contributed by atoms with Gasteiger partial charge in [-0.1, -0.05) is 18.2 Å². The summed E-state index contributed by atoms with van der Waals surface area (Å²) in [4.78, 5) is 12.0. The van der Waals surface area contributed by atoms with Crippen LogP contribution >= 0.6 is 0 Å². The minimum absolute atomic E-state index is 0.00747. The number of amides is 2. The monoisotopic (exact) mass is 378 g/mol. The first kappa shape index (κ1) is 18.4. The van der Waals surface area contributed by atoms with Crippen LogP contribution in [-0.4, -0.2) is 15.8 Å². The summed E-state index contributed by atoms with van der Waals surface area (Å²) in [6, 6.07) is 11.0. The van der Waals surface area contributed by atoms with E-state index in [1.807, 2.05) is 0 Å². The summed E-state index contributed by atoms with van der Waals surface area (Å²) >= 11 is 0. The van der Waals surface area contributed by atoms with Gasteiger partial charge in [0.1, 0.15) is 5.82 Å². The summed E-state index contributed by atoms with van der Waals surface area (Å²) in [6.45, 7) is 0.372. The molecular formula is C18H14F4N4O. The van der Waals surface area contributed by atoms with Crippen LogP contribution in [0.1, 0.15) is 11.1 Å². The highest BCUT2D eigenvalue weighted by Gasteiger charge is 2.30. The number of carbonyl (C=O) groups excluding carboxylic acids is 1. The predicted molar refractivity (Wildman–Crippen MR) is 91.8 cm³/mol.